The molecule has 2 aliphatic rings. The average molecular weight is 310 g/mol. The number of aromatic nitrogens is 2. The fourth-order valence-electron chi connectivity index (χ4n) is 3.19. The maximum absolute atomic E-state index is 12.8. The van der Waals surface area contributed by atoms with Crippen molar-refractivity contribution in [1.29, 1.82) is 0 Å². The lowest BCUT2D eigenvalue weighted by molar-refractivity contribution is -0.128. The van der Waals surface area contributed by atoms with Crippen molar-refractivity contribution in [2.45, 2.75) is 31.8 Å². The van der Waals surface area contributed by atoms with Gasteiger partial charge in [0.25, 0.3) is 0 Å². The Morgan fingerprint density at radius 1 is 1.39 bits per heavy atom. The van der Waals surface area contributed by atoms with Crippen molar-refractivity contribution in [3.63, 3.8) is 0 Å². The number of hydrogen-bond donors (Lipinski definition) is 2. The Kier molecular flexibility index (Phi) is 3.18. The summed E-state index contributed by atoms with van der Waals surface area (Å²) in [4.78, 5) is 28.7. The molecular formula is C17H18N4O2. The minimum absolute atomic E-state index is 0.0284. The molecule has 1 aliphatic carbocycles. The Bertz CT molecular complexity index is 750. The van der Waals surface area contributed by atoms with Crippen molar-refractivity contribution in [3.05, 3.63) is 48.5 Å². The molecule has 23 heavy (non-hydrogen) atoms. The topological polar surface area (TPSA) is 76.0 Å². The summed E-state index contributed by atoms with van der Waals surface area (Å²) in [5.74, 6) is -0.0332. The molecule has 1 aliphatic heterocycles. The summed E-state index contributed by atoms with van der Waals surface area (Å²) >= 11 is 0. The van der Waals surface area contributed by atoms with Gasteiger partial charge in [0.05, 0.1) is 24.2 Å². The van der Waals surface area contributed by atoms with Crippen LogP contribution >= 0.6 is 0 Å². The maximum Gasteiger partial charge on any atom is 0.228 e. The molecule has 4 rings (SSSR count). The van der Waals surface area contributed by atoms with Gasteiger partial charge in [0.2, 0.25) is 11.8 Å². The highest BCUT2D eigenvalue weighted by Gasteiger charge is 2.50. The van der Waals surface area contributed by atoms with Gasteiger partial charge in [-0.1, -0.05) is 18.2 Å². The molecule has 1 atom stereocenters. The van der Waals surface area contributed by atoms with E-state index in [-0.39, 0.29) is 29.7 Å². The summed E-state index contributed by atoms with van der Waals surface area (Å²) < 4.78 is 1.94. The first-order valence-corrected chi connectivity index (χ1v) is 7.82. The van der Waals surface area contributed by atoms with Gasteiger partial charge in [-0.2, -0.15) is 0 Å². The molecule has 0 radical (unpaired) electrons. The quantitative estimate of drug-likeness (QED) is 0.905. The molecular weight excluding hydrogens is 292 g/mol. The molecule has 118 valence electrons. The molecule has 1 aromatic carbocycles. The molecule has 1 saturated carbocycles. The van der Waals surface area contributed by atoms with E-state index >= 15 is 0 Å². The lowest BCUT2D eigenvalue weighted by Gasteiger charge is -2.28. The standard InChI is InChI=1S/C17H18N4O2/c22-15-9-14(12-3-1-2-4-13(12)19-15)20-16(23)17(5-6-17)10-21-8-7-18-11-21/h1-4,7-8,11,14H,5-6,9-10H2,(H,19,22)(H,20,23)/t14-/m0/s1. The summed E-state index contributed by atoms with van der Waals surface area (Å²) in [5, 5.41) is 5.94. The molecule has 6 nitrogen and oxygen atoms in total. The lowest BCUT2D eigenvalue weighted by Crippen LogP contribution is -2.40. The third-order valence-electron chi connectivity index (χ3n) is 4.68. The van der Waals surface area contributed by atoms with Crippen LogP contribution in [0, 0.1) is 5.41 Å². The highest BCUT2D eigenvalue weighted by atomic mass is 16.2. The highest BCUT2D eigenvalue weighted by Crippen LogP contribution is 2.48. The van der Waals surface area contributed by atoms with E-state index in [0.717, 1.165) is 24.1 Å². The van der Waals surface area contributed by atoms with Gasteiger partial charge in [0.15, 0.2) is 0 Å². The summed E-state index contributed by atoms with van der Waals surface area (Å²) in [6, 6.07) is 7.37. The van der Waals surface area contributed by atoms with E-state index in [1.54, 1.807) is 12.5 Å². The lowest BCUT2D eigenvalue weighted by atomic mass is 9.96. The van der Waals surface area contributed by atoms with Crippen LogP contribution in [0.2, 0.25) is 0 Å². The fourth-order valence-corrected chi connectivity index (χ4v) is 3.19. The average Bonchev–Trinajstić information content (AvgIpc) is 3.14. The van der Waals surface area contributed by atoms with Gasteiger partial charge >= 0.3 is 0 Å². The van der Waals surface area contributed by atoms with Crippen LogP contribution in [0.15, 0.2) is 43.0 Å². The molecule has 0 unspecified atom stereocenters. The van der Waals surface area contributed by atoms with E-state index in [2.05, 4.69) is 15.6 Å². The fraction of sp³-hybridized carbons (Fsp3) is 0.353. The number of nitrogens with zero attached hydrogens (tertiary/aromatic N) is 2. The first-order valence-electron chi connectivity index (χ1n) is 7.82. The van der Waals surface area contributed by atoms with E-state index in [4.69, 9.17) is 0 Å². The third kappa shape index (κ3) is 2.60. The van der Waals surface area contributed by atoms with Gasteiger partial charge in [-0.3, -0.25) is 9.59 Å². The Balaban J connectivity index is 1.52. The Labute approximate surface area is 133 Å². The molecule has 6 heteroatoms. The Morgan fingerprint density at radius 2 is 2.22 bits per heavy atom. The number of nitrogens with one attached hydrogen (secondary N) is 2. The molecule has 2 amide bonds. The number of fused-ring (bicyclic) bond motifs is 1. The van der Waals surface area contributed by atoms with Crippen molar-refractivity contribution in [1.82, 2.24) is 14.9 Å². The number of carbonyl (C=O) groups is 2. The van der Waals surface area contributed by atoms with E-state index < -0.39 is 0 Å². The number of imidazole rings is 1. The Morgan fingerprint density at radius 3 is 2.96 bits per heavy atom. The van der Waals surface area contributed by atoms with Crippen LogP contribution in [0.5, 0.6) is 0 Å². The molecule has 2 heterocycles. The molecule has 0 spiro atoms. The van der Waals surface area contributed by atoms with Gasteiger partial charge < -0.3 is 15.2 Å². The van der Waals surface area contributed by atoms with Crippen molar-refractivity contribution in [2.75, 3.05) is 5.32 Å². The maximum atomic E-state index is 12.8. The Hall–Kier alpha value is -2.63. The van der Waals surface area contributed by atoms with E-state index in [1.807, 2.05) is 35.0 Å². The van der Waals surface area contributed by atoms with Crippen LogP contribution < -0.4 is 10.6 Å². The van der Waals surface area contributed by atoms with Gasteiger partial charge in [-0.05, 0) is 24.5 Å². The van der Waals surface area contributed by atoms with E-state index in [9.17, 15) is 9.59 Å². The number of rotatable bonds is 4. The molecule has 1 fully saturated rings. The molecule has 1 aromatic heterocycles. The van der Waals surface area contributed by atoms with Gasteiger partial charge in [0.1, 0.15) is 0 Å². The van der Waals surface area contributed by atoms with E-state index in [1.165, 1.54) is 0 Å². The highest BCUT2D eigenvalue weighted by molar-refractivity contribution is 5.95. The second kappa shape index (κ2) is 5.22. The van der Waals surface area contributed by atoms with E-state index in [0.29, 0.717) is 6.54 Å². The smallest absolute Gasteiger partial charge is 0.228 e. The van der Waals surface area contributed by atoms with Gasteiger partial charge in [-0.25, -0.2) is 4.98 Å². The van der Waals surface area contributed by atoms with Crippen LogP contribution in [0.25, 0.3) is 0 Å². The van der Waals surface area contributed by atoms with Crippen molar-refractivity contribution >= 4 is 17.5 Å². The predicted molar refractivity (Wildman–Crippen MR) is 84.5 cm³/mol. The zero-order valence-electron chi connectivity index (χ0n) is 12.7. The molecule has 0 saturated heterocycles. The first-order chi connectivity index (χ1) is 11.2. The zero-order chi connectivity index (χ0) is 15.9. The molecule has 0 bridgehead atoms. The second-order valence-corrected chi connectivity index (χ2v) is 6.38. The summed E-state index contributed by atoms with van der Waals surface area (Å²) in [7, 11) is 0. The summed E-state index contributed by atoms with van der Waals surface area (Å²) in [6.45, 7) is 0.638. The second-order valence-electron chi connectivity index (χ2n) is 6.38. The number of anilines is 1. The monoisotopic (exact) mass is 310 g/mol. The minimum atomic E-state index is -0.358. The minimum Gasteiger partial charge on any atom is -0.348 e. The number of hydrogen-bond acceptors (Lipinski definition) is 3. The van der Waals surface area contributed by atoms with Crippen LogP contribution in [0.1, 0.15) is 30.9 Å². The summed E-state index contributed by atoms with van der Waals surface area (Å²) in [5.41, 5.74) is 1.40. The normalized spacial score (nSPS) is 21.2. The number of para-hydroxylation sites is 1. The number of benzene rings is 1. The van der Waals surface area contributed by atoms with Crippen LogP contribution in [0.4, 0.5) is 5.69 Å². The van der Waals surface area contributed by atoms with Gasteiger partial charge in [0, 0.05) is 24.6 Å². The van der Waals surface area contributed by atoms with Crippen LogP contribution in [-0.4, -0.2) is 21.4 Å². The third-order valence-corrected chi connectivity index (χ3v) is 4.68. The predicted octanol–water partition coefficient (Wildman–Crippen LogP) is 1.86. The van der Waals surface area contributed by atoms with Crippen molar-refractivity contribution < 1.29 is 9.59 Å². The van der Waals surface area contributed by atoms with Gasteiger partial charge in [-0.15, -0.1) is 0 Å². The van der Waals surface area contributed by atoms with Crippen molar-refractivity contribution in [3.8, 4) is 0 Å². The van der Waals surface area contributed by atoms with Crippen LogP contribution in [-0.2, 0) is 16.1 Å². The SMILES string of the molecule is O=C1C[C@H](NC(=O)C2(Cn3ccnc3)CC2)c2ccccc2N1. The molecule has 2 N–H and O–H groups in total. The number of carbonyl (C=O) groups excluding carboxylic acids is 2. The summed E-state index contributed by atoms with van der Waals surface area (Å²) in [6.07, 6.45) is 7.35. The molecule has 2 aromatic rings. The number of amides is 2. The van der Waals surface area contributed by atoms with Crippen LogP contribution in [0.3, 0.4) is 0 Å². The largest absolute Gasteiger partial charge is 0.348 e. The first kappa shape index (κ1) is 14.0. The zero-order valence-corrected chi connectivity index (χ0v) is 12.7. The van der Waals surface area contributed by atoms with Crippen molar-refractivity contribution in [2.24, 2.45) is 5.41 Å².